The molecule has 1 aromatic rings. The van der Waals surface area contributed by atoms with Crippen LogP contribution < -0.4 is 5.11 Å². The molecule has 0 bridgehead atoms. The molecule has 0 atom stereocenters. The minimum Gasteiger partial charge on any atom is -0.608 e. The van der Waals surface area contributed by atoms with Gasteiger partial charge in [-0.15, -0.1) is 0 Å². The fraction of sp³-hybridized carbons (Fsp3) is 0.167. The molecular formula is C12H11CuLiNO2. The molecule has 0 saturated carbocycles. The smallest absolute Gasteiger partial charge is 0.608 e. The van der Waals surface area contributed by atoms with E-state index in [1.165, 1.54) is 0 Å². The molecule has 3 nitrogen and oxygen atoms in total. The third kappa shape index (κ3) is 11.2. The number of hydrogen-bond acceptors (Lipinski definition) is 3. The Bertz CT molecular complexity index is 359. The predicted octanol–water partition coefficient (Wildman–Crippen LogP) is 1.25. The van der Waals surface area contributed by atoms with Gasteiger partial charge in [0.25, 0.3) is 0 Å². The normalized spacial score (nSPS) is 6.76. The molecule has 0 aliphatic carbocycles. The first kappa shape index (κ1) is 21.3. The summed E-state index contributed by atoms with van der Waals surface area (Å²) in [6.07, 6.45) is 1.61. The first-order valence-electron chi connectivity index (χ1n) is 4.37. The molecule has 88 valence electrons. The molecule has 1 rings (SSSR count). The van der Waals surface area contributed by atoms with E-state index in [1.807, 2.05) is 30.3 Å². The summed E-state index contributed by atoms with van der Waals surface area (Å²) in [5.41, 5.74) is 3.45. The Hall–Kier alpha value is -1.05. The molecule has 0 spiro atoms. The predicted molar refractivity (Wildman–Crippen MR) is 60.3 cm³/mol. The third-order valence-electron chi connectivity index (χ3n) is 1.43. The zero-order valence-electron chi connectivity index (χ0n) is 9.74. The van der Waals surface area contributed by atoms with E-state index in [1.54, 1.807) is 13.0 Å². The zero-order chi connectivity index (χ0) is 11.5. The van der Waals surface area contributed by atoms with Gasteiger partial charge in [0, 0.05) is 18.9 Å². The molecule has 0 aliphatic heterocycles. The second-order valence-electron chi connectivity index (χ2n) is 2.42. The van der Waals surface area contributed by atoms with E-state index in [0.717, 1.165) is 5.56 Å². The summed E-state index contributed by atoms with van der Waals surface area (Å²) in [7, 11) is 0. The minimum absolute atomic E-state index is 0. The quantitative estimate of drug-likeness (QED) is 0.360. The molecule has 0 aliphatic rings. The number of nitrogens with zero attached hydrogens (tertiary/aromatic N) is 1. The van der Waals surface area contributed by atoms with Crippen LogP contribution >= 0.6 is 0 Å². The first-order valence-corrected chi connectivity index (χ1v) is 4.37. The molecule has 0 N–H and O–H groups in total. The number of ether oxygens (including phenoxy) is 1. The van der Waals surface area contributed by atoms with Gasteiger partial charge in [0.2, 0.25) is 0 Å². The van der Waals surface area contributed by atoms with Crippen molar-refractivity contribution < 1.29 is 26.9 Å². The van der Waals surface area contributed by atoms with Crippen molar-refractivity contribution in [3.8, 4) is 0 Å². The molecular weight excluding hydrogens is 261 g/mol. The van der Waals surface area contributed by atoms with Crippen LogP contribution in [0, 0.1) is 11.8 Å². The number of benzene rings is 1. The van der Waals surface area contributed by atoms with E-state index in [2.05, 4.69) is 10.5 Å². The van der Waals surface area contributed by atoms with E-state index in [9.17, 15) is 5.11 Å². The average molecular weight is 272 g/mol. The molecule has 5 heteroatoms. The monoisotopic (exact) mass is 271 g/mol. The van der Waals surface area contributed by atoms with Gasteiger partial charge < -0.3 is 21.7 Å². The summed E-state index contributed by atoms with van der Waals surface area (Å²) >= 11 is 0. The fourth-order valence-corrected chi connectivity index (χ4v) is 0.864. The molecule has 2 radical (unpaired) electrons. The van der Waals surface area contributed by atoms with Gasteiger partial charge in [0.1, 0.15) is 0 Å². The van der Waals surface area contributed by atoms with Crippen molar-refractivity contribution in [3.05, 3.63) is 54.1 Å². The Morgan fingerprint density at radius 2 is 1.94 bits per heavy atom. The molecule has 0 heterocycles. The average Bonchev–Trinajstić information content (AvgIpc) is 2.31. The summed E-state index contributed by atoms with van der Waals surface area (Å²) in [4.78, 5) is 0. The zero-order valence-corrected chi connectivity index (χ0v) is 10.7. The van der Waals surface area contributed by atoms with Crippen LogP contribution in [0.1, 0.15) is 12.5 Å². The molecule has 0 fully saturated rings. The van der Waals surface area contributed by atoms with Gasteiger partial charge in [-0.1, -0.05) is 43.0 Å². The molecule has 0 unspecified atom stereocenters. The SMILES string of the molecule is CCOC([O-])=C=Cc1ccccc1.[C-]#N.[Cu+2].[Li]. The summed E-state index contributed by atoms with van der Waals surface area (Å²) in [5, 5.41) is 17.1. The maximum atomic E-state index is 10.9. The Morgan fingerprint density at radius 3 is 2.41 bits per heavy atom. The maximum Gasteiger partial charge on any atom is 2.00 e. The summed E-state index contributed by atoms with van der Waals surface area (Å²) in [6, 6.07) is 9.51. The van der Waals surface area contributed by atoms with Crippen molar-refractivity contribution >= 4 is 24.9 Å². The van der Waals surface area contributed by atoms with Crippen LogP contribution in [0.5, 0.6) is 0 Å². The standard InChI is InChI=1S/C11H12O2.CN.Cu.Li/c1-2-13-11(12)9-8-10-6-4-3-5-7-10;1-2;;/h3-8,12H,2H2,1H3;;;/q;-1;+2;/p-1. The van der Waals surface area contributed by atoms with Crippen LogP contribution in [0.3, 0.4) is 0 Å². The second kappa shape index (κ2) is 14.9. The Morgan fingerprint density at radius 1 is 1.41 bits per heavy atom. The summed E-state index contributed by atoms with van der Waals surface area (Å²) < 4.78 is 4.68. The molecule has 17 heavy (non-hydrogen) atoms. The van der Waals surface area contributed by atoms with Crippen LogP contribution in [0.25, 0.3) is 6.08 Å². The van der Waals surface area contributed by atoms with Gasteiger partial charge in [-0.05, 0) is 18.2 Å². The van der Waals surface area contributed by atoms with Gasteiger partial charge in [0.05, 0.1) is 5.95 Å². The Kier molecular flexibility index (Phi) is 18.7. The van der Waals surface area contributed by atoms with Crippen molar-refractivity contribution in [1.82, 2.24) is 0 Å². The van der Waals surface area contributed by atoms with Crippen LogP contribution in [0.2, 0.25) is 0 Å². The van der Waals surface area contributed by atoms with Crippen LogP contribution in [-0.2, 0) is 21.8 Å². The van der Waals surface area contributed by atoms with Crippen molar-refractivity contribution in [2.24, 2.45) is 0 Å². The second-order valence-corrected chi connectivity index (χ2v) is 2.42. The van der Waals surface area contributed by atoms with Crippen LogP contribution in [0.15, 0.2) is 42.0 Å². The van der Waals surface area contributed by atoms with Gasteiger partial charge >= 0.3 is 17.1 Å². The van der Waals surface area contributed by atoms with E-state index < -0.39 is 5.95 Å². The van der Waals surface area contributed by atoms with Crippen molar-refractivity contribution in [3.63, 3.8) is 0 Å². The molecule has 1 aromatic carbocycles. The maximum absolute atomic E-state index is 10.9. The molecule has 0 saturated heterocycles. The topological polar surface area (TPSA) is 56.1 Å². The van der Waals surface area contributed by atoms with E-state index in [4.69, 9.17) is 11.8 Å². The Balaban J connectivity index is -0.000000464. The van der Waals surface area contributed by atoms with Gasteiger partial charge in [-0.25, -0.2) is 0 Å². The summed E-state index contributed by atoms with van der Waals surface area (Å²) in [6.45, 7) is 6.90. The number of hydrogen-bond donors (Lipinski definition) is 0. The fourth-order valence-electron chi connectivity index (χ4n) is 0.864. The summed E-state index contributed by atoms with van der Waals surface area (Å²) in [5.74, 6) is -0.425. The van der Waals surface area contributed by atoms with Crippen LogP contribution in [-0.4, -0.2) is 25.5 Å². The van der Waals surface area contributed by atoms with Crippen LogP contribution in [0.4, 0.5) is 0 Å². The van der Waals surface area contributed by atoms with Gasteiger partial charge in [0.15, 0.2) is 0 Å². The largest absolute Gasteiger partial charge is 2.00 e. The van der Waals surface area contributed by atoms with E-state index in [0.29, 0.717) is 6.61 Å². The van der Waals surface area contributed by atoms with Gasteiger partial charge in [-0.3, -0.25) is 0 Å². The van der Waals surface area contributed by atoms with E-state index >= 15 is 0 Å². The van der Waals surface area contributed by atoms with Crippen molar-refractivity contribution in [2.75, 3.05) is 6.61 Å². The minimum atomic E-state index is -0.425. The Labute approximate surface area is 124 Å². The molecule has 0 amide bonds. The third-order valence-corrected chi connectivity index (χ3v) is 1.43. The van der Waals surface area contributed by atoms with E-state index in [-0.39, 0.29) is 35.9 Å². The first-order chi connectivity index (χ1) is 7.33. The molecule has 0 aromatic heterocycles. The van der Waals surface area contributed by atoms with Gasteiger partial charge in [-0.2, -0.15) is 0 Å². The number of rotatable bonds is 3. The van der Waals surface area contributed by atoms with Crippen molar-refractivity contribution in [2.45, 2.75) is 6.92 Å². The van der Waals surface area contributed by atoms with Crippen molar-refractivity contribution in [1.29, 1.82) is 5.26 Å².